The fourth-order valence-electron chi connectivity index (χ4n) is 4.25. The van der Waals surface area contributed by atoms with E-state index in [1.807, 2.05) is 6.07 Å². The molecule has 1 amide bonds. The molecule has 2 heterocycles. The minimum Gasteiger partial charge on any atom is -0.480 e. The van der Waals surface area contributed by atoms with Crippen molar-refractivity contribution in [3.8, 4) is 0 Å². The van der Waals surface area contributed by atoms with E-state index < -0.39 is 23.8 Å². The zero-order valence-corrected chi connectivity index (χ0v) is 19.1. The van der Waals surface area contributed by atoms with Gasteiger partial charge in [0.25, 0.3) is 0 Å². The van der Waals surface area contributed by atoms with Gasteiger partial charge in [-0.15, -0.1) is 0 Å². The molecule has 0 saturated heterocycles. The molecule has 0 spiro atoms. The molecule has 178 valence electrons. The Balaban J connectivity index is 1.35. The second kappa shape index (κ2) is 12.9. The zero-order valence-electron chi connectivity index (χ0n) is 19.1. The maximum Gasteiger partial charge on any atom is 0.326 e. The average molecular weight is 454 g/mol. The topological polar surface area (TPSA) is 112 Å². The Morgan fingerprint density at radius 3 is 2.55 bits per heavy atom. The molecule has 0 fully saturated rings. The summed E-state index contributed by atoms with van der Waals surface area (Å²) >= 11 is 0. The molecule has 7 heteroatoms. The Morgan fingerprint density at radius 2 is 1.79 bits per heavy atom. The summed E-state index contributed by atoms with van der Waals surface area (Å²) in [6, 6.07) is 12.3. The standard InChI is InChI=1S/C26H35N3O4/c30-18-22(19-10-5-4-6-11-19)25(31)29-23(26(32)33)14-8-3-1-2-7-13-21-16-15-20-12-9-17-27-24(20)28-21/h4-6,10-11,15-16,22-23,30H,1-3,7-9,12-14,17-18H2,(H,27,28)(H,29,31)(H,32,33). The van der Waals surface area contributed by atoms with Crippen molar-refractivity contribution in [2.75, 3.05) is 18.5 Å². The summed E-state index contributed by atoms with van der Waals surface area (Å²) in [6.07, 6.45) is 8.38. The van der Waals surface area contributed by atoms with Crippen LogP contribution in [0.4, 0.5) is 5.82 Å². The Kier molecular flexibility index (Phi) is 9.69. The number of nitrogens with one attached hydrogen (secondary N) is 2. The maximum atomic E-state index is 12.5. The first-order chi connectivity index (χ1) is 16.1. The molecule has 0 aliphatic carbocycles. The predicted octanol–water partition coefficient (Wildman–Crippen LogP) is 3.67. The number of benzene rings is 1. The van der Waals surface area contributed by atoms with Crippen molar-refractivity contribution >= 4 is 17.7 Å². The van der Waals surface area contributed by atoms with Crippen LogP contribution in [0.25, 0.3) is 0 Å². The molecule has 2 atom stereocenters. The number of rotatable bonds is 13. The van der Waals surface area contributed by atoms with Gasteiger partial charge in [0.15, 0.2) is 0 Å². The van der Waals surface area contributed by atoms with Crippen LogP contribution in [0.3, 0.4) is 0 Å². The van der Waals surface area contributed by atoms with Crippen LogP contribution in [0.1, 0.15) is 67.7 Å². The molecular weight excluding hydrogens is 418 g/mol. The normalized spacial score (nSPS) is 14.6. The number of aliphatic carboxylic acids is 1. The van der Waals surface area contributed by atoms with Gasteiger partial charge in [-0.1, -0.05) is 62.1 Å². The van der Waals surface area contributed by atoms with Crippen LogP contribution in [0.5, 0.6) is 0 Å². The van der Waals surface area contributed by atoms with Crippen LogP contribution < -0.4 is 10.6 Å². The second-order valence-electron chi connectivity index (χ2n) is 8.69. The molecule has 2 aromatic rings. The van der Waals surface area contributed by atoms with Crippen molar-refractivity contribution in [2.24, 2.45) is 0 Å². The minimum absolute atomic E-state index is 0.364. The average Bonchev–Trinajstić information content (AvgIpc) is 2.83. The molecule has 0 saturated carbocycles. The minimum atomic E-state index is -1.04. The Morgan fingerprint density at radius 1 is 1.03 bits per heavy atom. The first kappa shape index (κ1) is 24.7. The fraction of sp³-hybridized carbons (Fsp3) is 0.500. The number of hydrogen-bond donors (Lipinski definition) is 4. The number of aliphatic hydroxyl groups is 1. The number of amides is 1. The van der Waals surface area contributed by atoms with E-state index in [-0.39, 0.29) is 6.61 Å². The van der Waals surface area contributed by atoms with Crippen LogP contribution in [0, 0.1) is 0 Å². The third kappa shape index (κ3) is 7.56. The largest absolute Gasteiger partial charge is 0.480 e. The van der Waals surface area contributed by atoms with E-state index in [1.54, 1.807) is 24.3 Å². The number of fused-ring (bicyclic) bond motifs is 1. The molecule has 1 aromatic heterocycles. The molecule has 2 unspecified atom stereocenters. The predicted molar refractivity (Wildman–Crippen MR) is 128 cm³/mol. The van der Waals surface area contributed by atoms with Crippen LogP contribution >= 0.6 is 0 Å². The number of aromatic nitrogens is 1. The molecule has 0 bridgehead atoms. The summed E-state index contributed by atoms with van der Waals surface area (Å²) in [5.74, 6) is -1.22. The van der Waals surface area contributed by atoms with E-state index in [9.17, 15) is 19.8 Å². The molecule has 0 radical (unpaired) electrons. The lowest BCUT2D eigenvalue weighted by Crippen LogP contribution is -2.43. The van der Waals surface area contributed by atoms with Crippen molar-refractivity contribution in [3.63, 3.8) is 0 Å². The number of carboxylic acid groups (broad SMARTS) is 1. The molecule has 4 N–H and O–H groups in total. The number of unbranched alkanes of at least 4 members (excludes halogenated alkanes) is 4. The number of pyridine rings is 1. The van der Waals surface area contributed by atoms with Gasteiger partial charge >= 0.3 is 5.97 Å². The smallest absolute Gasteiger partial charge is 0.326 e. The number of hydrogen-bond acceptors (Lipinski definition) is 5. The monoisotopic (exact) mass is 453 g/mol. The van der Waals surface area contributed by atoms with Crippen LogP contribution in [0.2, 0.25) is 0 Å². The van der Waals surface area contributed by atoms with E-state index in [0.717, 1.165) is 69.4 Å². The number of nitrogens with zero attached hydrogens (tertiary/aromatic N) is 1. The summed E-state index contributed by atoms with van der Waals surface area (Å²) < 4.78 is 0. The second-order valence-corrected chi connectivity index (χ2v) is 8.69. The van der Waals surface area contributed by atoms with Crippen LogP contribution in [0.15, 0.2) is 42.5 Å². The summed E-state index contributed by atoms with van der Waals surface area (Å²) in [7, 11) is 0. The Hall–Kier alpha value is -2.93. The van der Waals surface area contributed by atoms with Gasteiger partial charge in [0.05, 0.1) is 12.5 Å². The van der Waals surface area contributed by atoms with Crippen molar-refractivity contribution in [2.45, 2.75) is 69.7 Å². The highest BCUT2D eigenvalue weighted by molar-refractivity contribution is 5.88. The molecule has 1 aromatic carbocycles. The number of carboxylic acids is 1. The molecule has 33 heavy (non-hydrogen) atoms. The van der Waals surface area contributed by atoms with Gasteiger partial charge in [-0.25, -0.2) is 9.78 Å². The number of carbonyl (C=O) groups excluding carboxylic acids is 1. The molecule has 1 aliphatic heterocycles. The lowest BCUT2D eigenvalue weighted by Gasteiger charge is -2.19. The number of aliphatic hydroxyl groups excluding tert-OH is 1. The van der Waals surface area contributed by atoms with Crippen molar-refractivity contribution in [1.29, 1.82) is 0 Å². The number of aryl methyl sites for hydroxylation is 2. The van der Waals surface area contributed by atoms with Crippen molar-refractivity contribution < 1.29 is 19.8 Å². The zero-order chi connectivity index (χ0) is 23.5. The number of carbonyl (C=O) groups is 2. The van der Waals surface area contributed by atoms with E-state index in [1.165, 1.54) is 5.56 Å². The maximum absolute atomic E-state index is 12.5. The first-order valence-electron chi connectivity index (χ1n) is 12.0. The van der Waals surface area contributed by atoms with Gasteiger partial charge in [0.1, 0.15) is 11.9 Å². The van der Waals surface area contributed by atoms with Crippen LogP contribution in [-0.4, -0.2) is 46.3 Å². The van der Waals surface area contributed by atoms with Crippen molar-refractivity contribution in [3.05, 3.63) is 59.3 Å². The Bertz CT molecular complexity index is 904. The highest BCUT2D eigenvalue weighted by atomic mass is 16.4. The lowest BCUT2D eigenvalue weighted by atomic mass is 9.98. The number of anilines is 1. The van der Waals surface area contributed by atoms with E-state index in [0.29, 0.717) is 12.0 Å². The first-order valence-corrected chi connectivity index (χ1v) is 12.0. The highest BCUT2D eigenvalue weighted by Crippen LogP contribution is 2.21. The third-order valence-electron chi connectivity index (χ3n) is 6.19. The van der Waals surface area contributed by atoms with Gasteiger partial charge in [-0.05, 0) is 49.3 Å². The molecule has 1 aliphatic rings. The lowest BCUT2D eigenvalue weighted by molar-refractivity contribution is -0.142. The molecule has 7 nitrogen and oxygen atoms in total. The Labute approximate surface area is 195 Å². The van der Waals surface area contributed by atoms with Gasteiger partial charge in [-0.3, -0.25) is 4.79 Å². The fourth-order valence-corrected chi connectivity index (χ4v) is 4.25. The quantitative estimate of drug-likeness (QED) is 0.344. The van der Waals surface area contributed by atoms with E-state index in [2.05, 4.69) is 22.8 Å². The SMILES string of the molecule is O=C(O)C(CCCCCCCc1ccc2c(n1)NCCC2)NC(=O)C(CO)c1ccccc1. The summed E-state index contributed by atoms with van der Waals surface area (Å²) in [5, 5.41) is 25.1. The van der Waals surface area contributed by atoms with Gasteiger partial charge < -0.3 is 20.8 Å². The van der Waals surface area contributed by atoms with Crippen molar-refractivity contribution in [1.82, 2.24) is 10.3 Å². The molecular formula is C26H35N3O4. The molecule has 3 rings (SSSR count). The summed E-state index contributed by atoms with van der Waals surface area (Å²) in [4.78, 5) is 28.9. The van der Waals surface area contributed by atoms with E-state index in [4.69, 9.17) is 4.98 Å². The van der Waals surface area contributed by atoms with Gasteiger partial charge in [-0.2, -0.15) is 0 Å². The highest BCUT2D eigenvalue weighted by Gasteiger charge is 2.25. The van der Waals surface area contributed by atoms with Crippen LogP contribution in [-0.2, 0) is 22.4 Å². The summed E-state index contributed by atoms with van der Waals surface area (Å²) in [6.45, 7) is 0.630. The van der Waals surface area contributed by atoms with E-state index >= 15 is 0 Å². The van der Waals surface area contributed by atoms with Gasteiger partial charge in [0.2, 0.25) is 5.91 Å². The third-order valence-corrected chi connectivity index (χ3v) is 6.19. The van der Waals surface area contributed by atoms with Gasteiger partial charge in [0, 0.05) is 12.2 Å². The summed E-state index contributed by atoms with van der Waals surface area (Å²) in [5.41, 5.74) is 3.10.